The van der Waals surface area contributed by atoms with Gasteiger partial charge in [-0.1, -0.05) is 29.4 Å². The van der Waals surface area contributed by atoms with Crippen molar-refractivity contribution in [2.24, 2.45) is 17.9 Å². The standard InChI is InChI=1S/C13H15N5O2/c1-18-7-6-11(16-18)15-12(19)8-9-2-4-10(5-3-9)13(14)17-20/h2-7,20H,8H2,1H3,(H2,14,17)(H,15,16,19). The molecule has 0 bridgehead atoms. The first-order chi connectivity index (χ1) is 9.58. The first kappa shape index (κ1) is 13.6. The summed E-state index contributed by atoms with van der Waals surface area (Å²) in [6, 6.07) is 8.62. The summed E-state index contributed by atoms with van der Waals surface area (Å²) >= 11 is 0. The lowest BCUT2D eigenvalue weighted by molar-refractivity contribution is -0.115. The van der Waals surface area contributed by atoms with Crippen LogP contribution in [-0.4, -0.2) is 26.7 Å². The number of hydrogen-bond acceptors (Lipinski definition) is 4. The number of oxime groups is 1. The van der Waals surface area contributed by atoms with Crippen LogP contribution in [-0.2, 0) is 18.3 Å². The first-order valence-electron chi connectivity index (χ1n) is 5.95. The normalized spacial score (nSPS) is 11.3. The number of amidine groups is 1. The van der Waals surface area contributed by atoms with Gasteiger partial charge in [0.05, 0.1) is 6.42 Å². The number of hydrogen-bond donors (Lipinski definition) is 3. The number of nitrogens with one attached hydrogen (secondary N) is 1. The van der Waals surface area contributed by atoms with Crippen LogP contribution in [0.4, 0.5) is 5.82 Å². The molecule has 0 unspecified atom stereocenters. The number of nitrogens with two attached hydrogens (primary N) is 1. The molecule has 0 radical (unpaired) electrons. The zero-order chi connectivity index (χ0) is 14.5. The van der Waals surface area contributed by atoms with Crippen LogP contribution in [0.1, 0.15) is 11.1 Å². The van der Waals surface area contributed by atoms with Crippen LogP contribution in [0.2, 0.25) is 0 Å². The molecule has 0 aliphatic carbocycles. The van der Waals surface area contributed by atoms with Gasteiger partial charge in [-0.05, 0) is 5.56 Å². The molecule has 0 saturated carbocycles. The molecule has 0 aliphatic rings. The Morgan fingerprint density at radius 2 is 2.10 bits per heavy atom. The van der Waals surface area contributed by atoms with Crippen molar-refractivity contribution < 1.29 is 10.0 Å². The van der Waals surface area contributed by atoms with Crippen molar-refractivity contribution >= 4 is 17.6 Å². The van der Waals surface area contributed by atoms with Crippen molar-refractivity contribution in [1.29, 1.82) is 0 Å². The monoisotopic (exact) mass is 273 g/mol. The van der Waals surface area contributed by atoms with E-state index in [4.69, 9.17) is 10.9 Å². The van der Waals surface area contributed by atoms with Crippen molar-refractivity contribution in [2.75, 3.05) is 5.32 Å². The summed E-state index contributed by atoms with van der Waals surface area (Å²) in [4.78, 5) is 11.8. The van der Waals surface area contributed by atoms with Gasteiger partial charge in [0.2, 0.25) is 5.91 Å². The molecule has 1 heterocycles. The molecule has 104 valence electrons. The molecule has 0 spiro atoms. The van der Waals surface area contributed by atoms with Gasteiger partial charge in [0.1, 0.15) is 0 Å². The van der Waals surface area contributed by atoms with Gasteiger partial charge in [-0.2, -0.15) is 5.10 Å². The fourth-order valence-electron chi connectivity index (χ4n) is 1.71. The molecule has 0 fully saturated rings. The van der Waals surface area contributed by atoms with E-state index in [1.54, 1.807) is 48.3 Å². The highest BCUT2D eigenvalue weighted by atomic mass is 16.4. The van der Waals surface area contributed by atoms with Gasteiger partial charge < -0.3 is 16.3 Å². The van der Waals surface area contributed by atoms with E-state index < -0.39 is 0 Å². The van der Waals surface area contributed by atoms with Crippen LogP contribution in [0, 0.1) is 0 Å². The summed E-state index contributed by atoms with van der Waals surface area (Å²) < 4.78 is 1.61. The van der Waals surface area contributed by atoms with E-state index in [0.29, 0.717) is 11.4 Å². The molecule has 2 rings (SSSR count). The predicted octanol–water partition coefficient (Wildman–Crippen LogP) is 0.696. The van der Waals surface area contributed by atoms with Crippen LogP contribution in [0.5, 0.6) is 0 Å². The van der Waals surface area contributed by atoms with Crippen LogP contribution < -0.4 is 11.1 Å². The number of aryl methyl sites for hydroxylation is 1. The fourth-order valence-corrected chi connectivity index (χ4v) is 1.71. The summed E-state index contributed by atoms with van der Waals surface area (Å²) in [5.41, 5.74) is 6.89. The molecule has 2 aromatic rings. The molecular weight excluding hydrogens is 258 g/mol. The van der Waals surface area contributed by atoms with E-state index in [1.165, 1.54) is 0 Å². The second kappa shape index (κ2) is 5.87. The third-order valence-corrected chi connectivity index (χ3v) is 2.70. The van der Waals surface area contributed by atoms with Crippen molar-refractivity contribution in [3.8, 4) is 0 Å². The average molecular weight is 273 g/mol. The van der Waals surface area contributed by atoms with Crippen molar-refractivity contribution in [3.05, 3.63) is 47.7 Å². The molecule has 4 N–H and O–H groups in total. The number of nitrogens with zero attached hydrogens (tertiary/aromatic N) is 3. The van der Waals surface area contributed by atoms with Gasteiger partial charge in [0.15, 0.2) is 11.7 Å². The second-order valence-corrected chi connectivity index (χ2v) is 4.28. The van der Waals surface area contributed by atoms with Crippen molar-refractivity contribution in [1.82, 2.24) is 9.78 Å². The smallest absolute Gasteiger partial charge is 0.229 e. The second-order valence-electron chi connectivity index (χ2n) is 4.28. The Bertz CT molecular complexity index is 630. The van der Waals surface area contributed by atoms with Crippen molar-refractivity contribution in [2.45, 2.75) is 6.42 Å². The maximum Gasteiger partial charge on any atom is 0.229 e. The molecular formula is C13H15N5O2. The third kappa shape index (κ3) is 3.35. The molecule has 1 aromatic carbocycles. The average Bonchev–Trinajstić information content (AvgIpc) is 2.84. The van der Waals surface area contributed by atoms with E-state index in [9.17, 15) is 4.79 Å². The Morgan fingerprint density at radius 3 is 2.65 bits per heavy atom. The van der Waals surface area contributed by atoms with Gasteiger partial charge in [0.25, 0.3) is 0 Å². The van der Waals surface area contributed by atoms with Crippen LogP contribution in [0.3, 0.4) is 0 Å². The van der Waals surface area contributed by atoms with Crippen LogP contribution in [0.15, 0.2) is 41.7 Å². The van der Waals surface area contributed by atoms with E-state index in [-0.39, 0.29) is 18.2 Å². The summed E-state index contributed by atoms with van der Waals surface area (Å²) in [5, 5.41) is 18.2. The highest BCUT2D eigenvalue weighted by Gasteiger charge is 2.06. The maximum atomic E-state index is 11.8. The summed E-state index contributed by atoms with van der Waals surface area (Å²) in [7, 11) is 1.78. The number of aromatic nitrogens is 2. The van der Waals surface area contributed by atoms with Gasteiger partial charge in [0, 0.05) is 24.9 Å². The number of carbonyl (C=O) groups is 1. The molecule has 0 atom stereocenters. The minimum Gasteiger partial charge on any atom is -0.409 e. The zero-order valence-corrected chi connectivity index (χ0v) is 10.9. The number of rotatable bonds is 4. The summed E-state index contributed by atoms with van der Waals surface area (Å²) in [6.07, 6.45) is 1.98. The molecule has 0 aliphatic heterocycles. The lowest BCUT2D eigenvalue weighted by Gasteiger charge is -2.04. The number of carbonyl (C=O) groups excluding carboxylic acids is 1. The van der Waals surface area contributed by atoms with E-state index in [0.717, 1.165) is 5.56 Å². The Labute approximate surface area is 115 Å². The first-order valence-corrected chi connectivity index (χ1v) is 5.95. The lowest BCUT2D eigenvalue weighted by Crippen LogP contribution is -2.16. The summed E-state index contributed by atoms with van der Waals surface area (Å²) in [6.45, 7) is 0. The number of anilines is 1. The van der Waals surface area contributed by atoms with Crippen LogP contribution in [0.25, 0.3) is 0 Å². The minimum atomic E-state index is -0.153. The fraction of sp³-hybridized carbons (Fsp3) is 0.154. The maximum absolute atomic E-state index is 11.8. The molecule has 20 heavy (non-hydrogen) atoms. The number of amides is 1. The van der Waals surface area contributed by atoms with Crippen molar-refractivity contribution in [3.63, 3.8) is 0 Å². The molecule has 0 saturated heterocycles. The van der Waals surface area contributed by atoms with Gasteiger partial charge in [-0.15, -0.1) is 0 Å². The Hall–Kier alpha value is -2.83. The SMILES string of the molecule is Cn1ccc(NC(=O)Cc2ccc(C(N)=NO)cc2)n1. The van der Waals surface area contributed by atoms with E-state index in [2.05, 4.69) is 15.6 Å². The Morgan fingerprint density at radius 1 is 1.40 bits per heavy atom. The minimum absolute atomic E-state index is 0.0366. The van der Waals surface area contributed by atoms with Gasteiger partial charge in [-0.25, -0.2) is 0 Å². The Kier molecular flexibility index (Phi) is 3.99. The molecule has 7 heteroatoms. The van der Waals surface area contributed by atoms with E-state index in [1.807, 2.05) is 0 Å². The largest absolute Gasteiger partial charge is 0.409 e. The predicted molar refractivity (Wildman–Crippen MR) is 74.5 cm³/mol. The summed E-state index contributed by atoms with van der Waals surface area (Å²) in [5.74, 6) is 0.403. The topological polar surface area (TPSA) is 106 Å². The lowest BCUT2D eigenvalue weighted by atomic mass is 10.1. The van der Waals surface area contributed by atoms with Gasteiger partial charge >= 0.3 is 0 Å². The highest BCUT2D eigenvalue weighted by molar-refractivity contribution is 5.97. The van der Waals surface area contributed by atoms with Gasteiger partial charge in [-0.3, -0.25) is 9.48 Å². The zero-order valence-electron chi connectivity index (χ0n) is 10.9. The Balaban J connectivity index is 1.97. The number of benzene rings is 1. The molecule has 1 aromatic heterocycles. The molecule has 7 nitrogen and oxygen atoms in total. The highest BCUT2D eigenvalue weighted by Crippen LogP contribution is 2.07. The quantitative estimate of drug-likeness (QED) is 0.330. The molecule has 1 amide bonds. The van der Waals surface area contributed by atoms with E-state index >= 15 is 0 Å². The third-order valence-electron chi connectivity index (χ3n) is 2.70. The van der Waals surface area contributed by atoms with Crippen LogP contribution >= 0.6 is 0 Å².